The second-order valence-corrected chi connectivity index (χ2v) is 7.18. The van der Waals surface area contributed by atoms with Crippen LogP contribution in [0.15, 0.2) is 17.1 Å². The van der Waals surface area contributed by atoms with E-state index in [9.17, 15) is 4.79 Å². The van der Waals surface area contributed by atoms with Crippen LogP contribution in [0.4, 0.5) is 0 Å². The lowest BCUT2D eigenvalue weighted by Crippen LogP contribution is -2.48. The van der Waals surface area contributed by atoms with Gasteiger partial charge in [-0.05, 0) is 13.8 Å². The third kappa shape index (κ3) is 3.14. The van der Waals surface area contributed by atoms with Gasteiger partial charge >= 0.3 is 0 Å². The van der Waals surface area contributed by atoms with Crippen molar-refractivity contribution in [1.82, 2.24) is 24.6 Å². The molecular formula is C18H25N5O3. The Labute approximate surface area is 152 Å². The summed E-state index contributed by atoms with van der Waals surface area (Å²) in [6, 6.07) is 0. The molecule has 0 spiro atoms. The second-order valence-electron chi connectivity index (χ2n) is 7.18. The maximum atomic E-state index is 13.1. The lowest BCUT2D eigenvalue weighted by molar-refractivity contribution is -0.00908. The molecule has 4 heterocycles. The first-order valence-electron chi connectivity index (χ1n) is 9.13. The molecule has 0 saturated carbocycles. The van der Waals surface area contributed by atoms with E-state index in [1.807, 2.05) is 25.8 Å². The van der Waals surface area contributed by atoms with E-state index in [-0.39, 0.29) is 18.1 Å². The van der Waals surface area contributed by atoms with Crippen LogP contribution in [0, 0.1) is 0 Å². The molecule has 2 atom stereocenters. The number of oxazole rings is 1. The van der Waals surface area contributed by atoms with Gasteiger partial charge in [0.2, 0.25) is 0 Å². The number of aromatic nitrogens is 3. The van der Waals surface area contributed by atoms with E-state index in [0.29, 0.717) is 18.8 Å². The zero-order valence-electron chi connectivity index (χ0n) is 15.5. The van der Waals surface area contributed by atoms with Crippen LogP contribution in [0.3, 0.4) is 0 Å². The Balaban J connectivity index is 1.45. The molecule has 0 N–H and O–H groups in total. The number of hydrogen-bond acceptors (Lipinski definition) is 6. The third-order valence-corrected chi connectivity index (χ3v) is 5.24. The highest BCUT2D eigenvalue weighted by Gasteiger charge is 2.33. The molecule has 2 aliphatic heterocycles. The molecule has 2 aliphatic rings. The van der Waals surface area contributed by atoms with Gasteiger partial charge in [-0.2, -0.15) is 5.10 Å². The zero-order valence-corrected chi connectivity index (χ0v) is 15.5. The van der Waals surface area contributed by atoms with Crippen LogP contribution in [-0.2, 0) is 24.8 Å². The first-order chi connectivity index (χ1) is 12.5. The number of rotatable bonds is 3. The van der Waals surface area contributed by atoms with Gasteiger partial charge in [0.05, 0.1) is 23.6 Å². The van der Waals surface area contributed by atoms with Gasteiger partial charge in [-0.3, -0.25) is 14.4 Å². The maximum Gasteiger partial charge on any atom is 0.274 e. The molecule has 2 aromatic heterocycles. The molecule has 1 fully saturated rings. The van der Waals surface area contributed by atoms with E-state index >= 15 is 0 Å². The fourth-order valence-corrected chi connectivity index (χ4v) is 4.01. The minimum absolute atomic E-state index is 0.0317. The van der Waals surface area contributed by atoms with Crippen molar-refractivity contribution in [3.05, 3.63) is 35.3 Å². The molecule has 0 unspecified atom stereocenters. The van der Waals surface area contributed by atoms with Crippen LogP contribution >= 0.6 is 0 Å². The van der Waals surface area contributed by atoms with Crippen LogP contribution in [-0.4, -0.2) is 62.8 Å². The molecule has 8 nitrogen and oxygen atoms in total. The molecule has 26 heavy (non-hydrogen) atoms. The second kappa shape index (κ2) is 6.85. The van der Waals surface area contributed by atoms with Crippen molar-refractivity contribution in [3.8, 4) is 0 Å². The predicted octanol–water partition coefficient (Wildman–Crippen LogP) is 1.39. The van der Waals surface area contributed by atoms with Crippen LogP contribution < -0.4 is 0 Å². The lowest BCUT2D eigenvalue weighted by atomic mass is 9.99. The molecule has 0 bridgehead atoms. The highest BCUT2D eigenvalue weighted by atomic mass is 16.5. The molecule has 8 heteroatoms. The predicted molar refractivity (Wildman–Crippen MR) is 93.6 cm³/mol. The fraction of sp³-hybridized carbons (Fsp3) is 0.611. The molecule has 4 rings (SSSR count). The summed E-state index contributed by atoms with van der Waals surface area (Å²) in [5.41, 5.74) is 3.59. The number of fused-ring (bicyclic) bond motifs is 1. The van der Waals surface area contributed by atoms with Gasteiger partial charge in [-0.1, -0.05) is 0 Å². The number of aryl methyl sites for hydroxylation is 1. The van der Waals surface area contributed by atoms with Crippen LogP contribution in [0.1, 0.15) is 47.4 Å². The molecule has 2 aromatic rings. The number of carbonyl (C=O) groups excluding carboxylic acids is 1. The van der Waals surface area contributed by atoms with Gasteiger partial charge in [0.25, 0.3) is 5.91 Å². The molecule has 0 radical (unpaired) electrons. The summed E-state index contributed by atoms with van der Waals surface area (Å²) in [5.74, 6) is 0.0317. The van der Waals surface area contributed by atoms with E-state index in [4.69, 9.17) is 9.15 Å². The quantitative estimate of drug-likeness (QED) is 0.824. The van der Waals surface area contributed by atoms with Crippen molar-refractivity contribution in [2.24, 2.45) is 7.05 Å². The largest absolute Gasteiger partial charge is 0.451 e. The molecule has 1 amide bonds. The van der Waals surface area contributed by atoms with Crippen molar-refractivity contribution in [3.63, 3.8) is 0 Å². The summed E-state index contributed by atoms with van der Waals surface area (Å²) in [6.07, 6.45) is 3.92. The highest BCUT2D eigenvalue weighted by molar-refractivity contribution is 5.94. The smallest absolute Gasteiger partial charge is 0.274 e. The summed E-state index contributed by atoms with van der Waals surface area (Å²) in [6.45, 7) is 7.86. The van der Waals surface area contributed by atoms with Crippen molar-refractivity contribution in [2.75, 3.05) is 26.2 Å². The van der Waals surface area contributed by atoms with E-state index in [0.717, 1.165) is 43.0 Å². The first-order valence-corrected chi connectivity index (χ1v) is 9.13. The average Bonchev–Trinajstić information content (AvgIpc) is 3.23. The number of ether oxygens (including phenoxy) is 1. The van der Waals surface area contributed by atoms with Gasteiger partial charge < -0.3 is 14.1 Å². The molecular weight excluding hydrogens is 334 g/mol. The minimum Gasteiger partial charge on any atom is -0.451 e. The van der Waals surface area contributed by atoms with Crippen molar-refractivity contribution < 1.29 is 13.9 Å². The van der Waals surface area contributed by atoms with E-state index in [2.05, 4.69) is 15.0 Å². The van der Waals surface area contributed by atoms with Crippen molar-refractivity contribution in [1.29, 1.82) is 0 Å². The third-order valence-electron chi connectivity index (χ3n) is 5.24. The Morgan fingerprint density at radius 2 is 2.04 bits per heavy atom. The van der Waals surface area contributed by atoms with Crippen LogP contribution in [0.5, 0.6) is 0 Å². The summed E-state index contributed by atoms with van der Waals surface area (Å²) in [4.78, 5) is 21.4. The Bertz CT molecular complexity index is 777. The number of piperazine rings is 1. The average molecular weight is 359 g/mol. The van der Waals surface area contributed by atoms with Crippen LogP contribution in [0.2, 0.25) is 0 Å². The van der Waals surface area contributed by atoms with Crippen molar-refractivity contribution in [2.45, 2.75) is 39.0 Å². The number of amides is 1. The number of hydrogen-bond donors (Lipinski definition) is 0. The van der Waals surface area contributed by atoms with Gasteiger partial charge in [0.1, 0.15) is 6.26 Å². The van der Waals surface area contributed by atoms with E-state index < -0.39 is 0 Å². The van der Waals surface area contributed by atoms with Gasteiger partial charge in [-0.15, -0.1) is 0 Å². The van der Waals surface area contributed by atoms with Crippen molar-refractivity contribution >= 4 is 5.91 Å². The number of carbonyl (C=O) groups is 1. The Hall–Kier alpha value is -2.19. The summed E-state index contributed by atoms with van der Waals surface area (Å²) < 4.78 is 12.7. The Morgan fingerprint density at radius 1 is 1.27 bits per heavy atom. The van der Waals surface area contributed by atoms with Crippen LogP contribution in [0.25, 0.3) is 0 Å². The summed E-state index contributed by atoms with van der Waals surface area (Å²) in [7, 11) is 1.89. The van der Waals surface area contributed by atoms with Gasteiger partial charge in [-0.25, -0.2) is 4.98 Å². The SMILES string of the molecule is C[C@@H]1Cc2c(C(=O)N3CCN(Cc4cocn4)CC3)nn(C)c2[C@H](C)O1. The zero-order chi connectivity index (χ0) is 18.3. The van der Waals surface area contributed by atoms with Gasteiger partial charge in [0.15, 0.2) is 12.1 Å². The number of nitrogens with zero attached hydrogens (tertiary/aromatic N) is 5. The monoisotopic (exact) mass is 359 g/mol. The molecule has 0 aromatic carbocycles. The molecule has 0 aliphatic carbocycles. The maximum absolute atomic E-state index is 13.1. The normalized spacial score (nSPS) is 23.9. The summed E-state index contributed by atoms with van der Waals surface area (Å²) >= 11 is 0. The van der Waals surface area contributed by atoms with Gasteiger partial charge in [0, 0.05) is 51.8 Å². The van der Waals surface area contributed by atoms with E-state index in [1.54, 1.807) is 10.9 Å². The minimum atomic E-state index is -0.0351. The molecule has 140 valence electrons. The molecule has 1 saturated heterocycles. The lowest BCUT2D eigenvalue weighted by Gasteiger charge is -2.34. The first kappa shape index (κ1) is 17.2. The topological polar surface area (TPSA) is 76.6 Å². The summed E-state index contributed by atoms with van der Waals surface area (Å²) in [5, 5.41) is 4.54. The highest BCUT2D eigenvalue weighted by Crippen LogP contribution is 2.32. The standard InChI is InChI=1S/C18H25N5O3/c1-12-8-15-16(20-21(3)17(15)13(2)26-12)18(24)23-6-4-22(5-7-23)9-14-10-25-11-19-14/h10-13H,4-9H2,1-3H3/t12-,13+/m1/s1. The Morgan fingerprint density at radius 3 is 2.73 bits per heavy atom. The Kier molecular flexibility index (Phi) is 4.54. The van der Waals surface area contributed by atoms with E-state index in [1.165, 1.54) is 6.39 Å². The fourth-order valence-electron chi connectivity index (χ4n) is 4.01.